The number of aromatic nitrogens is 2. The first kappa shape index (κ1) is 15.3. The summed E-state index contributed by atoms with van der Waals surface area (Å²) >= 11 is 0. The number of carbonyl (C=O) groups is 2. The zero-order valence-corrected chi connectivity index (χ0v) is 12.6. The first-order valence-electron chi connectivity index (χ1n) is 7.38. The molecule has 0 spiro atoms. The molecule has 6 nitrogen and oxygen atoms in total. The summed E-state index contributed by atoms with van der Waals surface area (Å²) in [5.74, 6) is -0.226. The van der Waals surface area contributed by atoms with E-state index in [0.29, 0.717) is 6.54 Å². The molecule has 0 radical (unpaired) electrons. The second-order valence-electron chi connectivity index (χ2n) is 5.16. The fourth-order valence-corrected chi connectivity index (χ4v) is 2.47. The minimum Gasteiger partial charge on any atom is -0.354 e. The van der Waals surface area contributed by atoms with Crippen molar-refractivity contribution < 1.29 is 9.59 Å². The van der Waals surface area contributed by atoms with Crippen LogP contribution >= 0.6 is 0 Å². The molecule has 1 N–H and O–H groups in total. The van der Waals surface area contributed by atoms with E-state index in [0.717, 1.165) is 31.5 Å². The van der Waals surface area contributed by atoms with Gasteiger partial charge in [0.2, 0.25) is 11.8 Å². The summed E-state index contributed by atoms with van der Waals surface area (Å²) < 4.78 is 1.81. The maximum Gasteiger partial charge on any atom is 0.247 e. The molecule has 1 saturated heterocycles. The molecule has 1 unspecified atom stereocenters. The maximum atomic E-state index is 12.2. The van der Waals surface area contributed by atoms with Crippen LogP contribution in [0.2, 0.25) is 0 Å². The van der Waals surface area contributed by atoms with E-state index in [-0.39, 0.29) is 17.9 Å². The van der Waals surface area contributed by atoms with Crippen molar-refractivity contribution >= 4 is 17.9 Å². The van der Waals surface area contributed by atoms with Gasteiger partial charge in [0.1, 0.15) is 6.04 Å². The zero-order valence-electron chi connectivity index (χ0n) is 12.6. The third kappa shape index (κ3) is 3.71. The number of aryl methyl sites for hydroxylation is 1. The monoisotopic (exact) mass is 290 g/mol. The number of rotatable bonds is 4. The Hall–Kier alpha value is -2.11. The standard InChI is InChI=1S/C15H22N4O2/c1-3-19-12(9-11-17-19)7-8-14(20)18(2)13-6-4-5-10-16-15(13)21/h7-9,11,13H,3-6,10H2,1-2H3,(H,16,21)/b8-7+. The predicted molar refractivity (Wildman–Crippen MR) is 80.4 cm³/mol. The van der Waals surface area contributed by atoms with E-state index in [1.54, 1.807) is 19.3 Å². The number of hydrogen-bond donors (Lipinski definition) is 1. The van der Waals surface area contributed by atoms with E-state index in [4.69, 9.17) is 0 Å². The molecular weight excluding hydrogens is 268 g/mol. The maximum absolute atomic E-state index is 12.2. The highest BCUT2D eigenvalue weighted by Gasteiger charge is 2.26. The zero-order chi connectivity index (χ0) is 15.2. The van der Waals surface area contributed by atoms with E-state index >= 15 is 0 Å². The van der Waals surface area contributed by atoms with Crippen molar-refractivity contribution in [3.05, 3.63) is 24.0 Å². The molecule has 0 aromatic carbocycles. The molecule has 2 heterocycles. The van der Waals surface area contributed by atoms with Crippen LogP contribution in [-0.2, 0) is 16.1 Å². The Kier molecular flexibility index (Phi) is 5.14. The van der Waals surface area contributed by atoms with Gasteiger partial charge >= 0.3 is 0 Å². The van der Waals surface area contributed by atoms with Gasteiger partial charge in [0.15, 0.2) is 0 Å². The number of likely N-dealkylation sites (N-methyl/N-ethyl adjacent to an activating group) is 1. The normalized spacial score (nSPS) is 19.3. The molecule has 21 heavy (non-hydrogen) atoms. The quantitative estimate of drug-likeness (QED) is 0.843. The molecule has 1 aromatic heterocycles. The molecular formula is C15H22N4O2. The summed E-state index contributed by atoms with van der Waals surface area (Å²) in [6.07, 6.45) is 7.58. The van der Waals surface area contributed by atoms with Gasteiger partial charge in [0, 0.05) is 32.4 Å². The topological polar surface area (TPSA) is 67.2 Å². The first-order valence-corrected chi connectivity index (χ1v) is 7.38. The molecule has 0 saturated carbocycles. The molecule has 0 aliphatic carbocycles. The van der Waals surface area contributed by atoms with Crippen LogP contribution in [0.15, 0.2) is 18.3 Å². The Balaban J connectivity index is 2.03. The van der Waals surface area contributed by atoms with Crippen molar-refractivity contribution in [2.24, 2.45) is 0 Å². The molecule has 2 rings (SSSR count). The molecule has 114 valence electrons. The van der Waals surface area contributed by atoms with Crippen molar-refractivity contribution in [3.8, 4) is 0 Å². The van der Waals surface area contributed by atoms with E-state index in [9.17, 15) is 9.59 Å². The largest absolute Gasteiger partial charge is 0.354 e. The predicted octanol–water partition coefficient (Wildman–Crippen LogP) is 1.04. The minimum atomic E-state index is -0.374. The van der Waals surface area contributed by atoms with Crippen LogP contribution in [0, 0.1) is 0 Å². The van der Waals surface area contributed by atoms with Crippen LogP contribution in [0.3, 0.4) is 0 Å². The number of nitrogens with zero attached hydrogens (tertiary/aromatic N) is 3. The molecule has 1 atom stereocenters. The Morgan fingerprint density at radius 3 is 3.14 bits per heavy atom. The summed E-state index contributed by atoms with van der Waals surface area (Å²) in [4.78, 5) is 25.7. The lowest BCUT2D eigenvalue weighted by molar-refractivity contribution is -0.135. The third-order valence-electron chi connectivity index (χ3n) is 3.77. The Morgan fingerprint density at radius 1 is 1.57 bits per heavy atom. The Morgan fingerprint density at radius 2 is 2.38 bits per heavy atom. The van der Waals surface area contributed by atoms with Crippen molar-refractivity contribution in [2.75, 3.05) is 13.6 Å². The van der Waals surface area contributed by atoms with Crippen LogP contribution in [0.1, 0.15) is 31.9 Å². The van der Waals surface area contributed by atoms with E-state index in [1.807, 2.05) is 17.7 Å². The van der Waals surface area contributed by atoms with Crippen LogP contribution in [-0.4, -0.2) is 46.1 Å². The van der Waals surface area contributed by atoms with Crippen molar-refractivity contribution in [1.29, 1.82) is 0 Å². The fraction of sp³-hybridized carbons (Fsp3) is 0.533. The van der Waals surface area contributed by atoms with Gasteiger partial charge in [-0.2, -0.15) is 5.10 Å². The summed E-state index contributed by atoms with van der Waals surface area (Å²) in [5, 5.41) is 7.00. The lowest BCUT2D eigenvalue weighted by atomic mass is 10.1. The molecule has 0 bridgehead atoms. The third-order valence-corrected chi connectivity index (χ3v) is 3.77. The van der Waals surface area contributed by atoms with Crippen LogP contribution in [0.25, 0.3) is 6.08 Å². The van der Waals surface area contributed by atoms with Crippen LogP contribution < -0.4 is 5.32 Å². The number of hydrogen-bond acceptors (Lipinski definition) is 3. The smallest absolute Gasteiger partial charge is 0.247 e. The van der Waals surface area contributed by atoms with Crippen molar-refractivity contribution in [2.45, 2.75) is 38.8 Å². The summed E-state index contributed by atoms with van der Waals surface area (Å²) in [5.41, 5.74) is 0.879. The van der Waals surface area contributed by atoms with Gasteiger partial charge in [-0.1, -0.05) is 0 Å². The summed E-state index contributed by atoms with van der Waals surface area (Å²) in [6.45, 7) is 3.44. The molecule has 1 aliphatic heterocycles. The first-order chi connectivity index (χ1) is 10.1. The van der Waals surface area contributed by atoms with Crippen LogP contribution in [0.5, 0.6) is 0 Å². The van der Waals surface area contributed by atoms with Gasteiger partial charge in [0.05, 0.1) is 5.69 Å². The van der Waals surface area contributed by atoms with Gasteiger partial charge in [-0.05, 0) is 38.3 Å². The lowest BCUT2D eigenvalue weighted by Crippen LogP contribution is -2.46. The number of nitrogens with one attached hydrogen (secondary N) is 1. The van der Waals surface area contributed by atoms with Crippen LogP contribution in [0.4, 0.5) is 0 Å². The number of carbonyl (C=O) groups excluding carboxylic acids is 2. The van der Waals surface area contributed by atoms with E-state index in [1.165, 1.54) is 11.0 Å². The highest BCUT2D eigenvalue weighted by Crippen LogP contribution is 2.12. The van der Waals surface area contributed by atoms with Gasteiger partial charge < -0.3 is 10.2 Å². The molecule has 2 amide bonds. The minimum absolute atomic E-state index is 0.0599. The SMILES string of the molecule is CCn1nccc1/C=C/C(=O)N(C)C1CCCCNC1=O. The van der Waals surface area contributed by atoms with Gasteiger partial charge in [-0.15, -0.1) is 0 Å². The highest BCUT2D eigenvalue weighted by molar-refractivity contribution is 5.95. The second kappa shape index (κ2) is 7.06. The average Bonchev–Trinajstić information content (AvgIpc) is 2.84. The number of amides is 2. The molecule has 6 heteroatoms. The van der Waals surface area contributed by atoms with Gasteiger partial charge in [-0.25, -0.2) is 0 Å². The van der Waals surface area contributed by atoms with Gasteiger partial charge in [-0.3, -0.25) is 14.3 Å². The highest BCUT2D eigenvalue weighted by atomic mass is 16.2. The Labute approximate surface area is 124 Å². The second-order valence-corrected chi connectivity index (χ2v) is 5.16. The Bertz CT molecular complexity index is 536. The molecule has 1 aliphatic rings. The average molecular weight is 290 g/mol. The fourth-order valence-electron chi connectivity index (χ4n) is 2.47. The molecule has 1 fully saturated rings. The summed E-state index contributed by atoms with van der Waals surface area (Å²) in [7, 11) is 1.68. The van der Waals surface area contributed by atoms with E-state index in [2.05, 4.69) is 10.4 Å². The van der Waals surface area contributed by atoms with Gasteiger partial charge in [0.25, 0.3) is 0 Å². The van der Waals surface area contributed by atoms with Crippen molar-refractivity contribution in [1.82, 2.24) is 20.0 Å². The van der Waals surface area contributed by atoms with Crippen molar-refractivity contribution in [3.63, 3.8) is 0 Å². The molecule has 1 aromatic rings. The lowest BCUT2D eigenvalue weighted by Gasteiger charge is -2.24. The summed E-state index contributed by atoms with van der Waals surface area (Å²) in [6, 6.07) is 1.48. The van der Waals surface area contributed by atoms with E-state index < -0.39 is 0 Å².